The third kappa shape index (κ3) is 2.29. The van der Waals surface area contributed by atoms with Gasteiger partial charge < -0.3 is 11.1 Å². The Bertz CT molecular complexity index is 514. The van der Waals surface area contributed by atoms with Crippen molar-refractivity contribution in [1.82, 2.24) is 10.2 Å². The number of hydrogen-bond acceptors (Lipinski definition) is 4. The van der Waals surface area contributed by atoms with E-state index in [1.54, 1.807) is 0 Å². The van der Waals surface area contributed by atoms with Crippen LogP contribution in [0.15, 0.2) is 24.3 Å². The maximum Gasteiger partial charge on any atom is 0.0402 e. The van der Waals surface area contributed by atoms with E-state index in [1.165, 1.54) is 15.0 Å². The van der Waals surface area contributed by atoms with Crippen molar-refractivity contribution in [2.75, 3.05) is 31.9 Å². The summed E-state index contributed by atoms with van der Waals surface area (Å²) >= 11 is 1.86. The highest BCUT2D eigenvalue weighted by molar-refractivity contribution is 7.19. The lowest BCUT2D eigenvalue weighted by molar-refractivity contribution is 0.235. The number of thiophene rings is 1. The zero-order valence-electron chi connectivity index (χ0n) is 9.78. The highest BCUT2D eigenvalue weighted by atomic mass is 32.1. The number of benzene rings is 1. The average molecular weight is 247 g/mol. The van der Waals surface area contributed by atoms with Crippen molar-refractivity contribution in [2.24, 2.45) is 0 Å². The van der Waals surface area contributed by atoms with E-state index >= 15 is 0 Å². The van der Waals surface area contributed by atoms with Gasteiger partial charge in [-0.3, -0.25) is 4.90 Å². The van der Waals surface area contributed by atoms with Crippen molar-refractivity contribution < 1.29 is 0 Å². The number of piperazine rings is 1. The van der Waals surface area contributed by atoms with E-state index in [4.69, 9.17) is 5.73 Å². The van der Waals surface area contributed by atoms with Crippen molar-refractivity contribution in [3.05, 3.63) is 29.1 Å². The van der Waals surface area contributed by atoms with Gasteiger partial charge in [-0.25, -0.2) is 0 Å². The standard InChI is InChI=1S/C13H17N3S/c14-12-2-1-3-13-11(12)8-10(17-13)9-16-6-4-15-5-7-16/h1-3,8,15H,4-7,9,14H2. The van der Waals surface area contributed by atoms with Crippen LogP contribution < -0.4 is 11.1 Å². The van der Waals surface area contributed by atoms with Crippen LogP contribution in [0.5, 0.6) is 0 Å². The molecule has 1 aromatic heterocycles. The fourth-order valence-corrected chi connectivity index (χ4v) is 3.44. The van der Waals surface area contributed by atoms with Crippen LogP contribution in [-0.2, 0) is 6.54 Å². The highest BCUT2D eigenvalue weighted by Crippen LogP contribution is 2.30. The van der Waals surface area contributed by atoms with E-state index in [-0.39, 0.29) is 0 Å². The maximum absolute atomic E-state index is 5.99. The van der Waals surface area contributed by atoms with Gasteiger partial charge in [-0.1, -0.05) is 6.07 Å². The lowest BCUT2D eigenvalue weighted by Gasteiger charge is -2.26. The van der Waals surface area contributed by atoms with E-state index in [9.17, 15) is 0 Å². The monoisotopic (exact) mass is 247 g/mol. The number of anilines is 1. The fourth-order valence-electron chi connectivity index (χ4n) is 2.30. The molecule has 1 saturated heterocycles. The highest BCUT2D eigenvalue weighted by Gasteiger charge is 2.12. The summed E-state index contributed by atoms with van der Waals surface area (Å²) in [6, 6.07) is 8.40. The van der Waals surface area contributed by atoms with Gasteiger partial charge in [0.1, 0.15) is 0 Å². The van der Waals surface area contributed by atoms with Crippen molar-refractivity contribution in [3.63, 3.8) is 0 Å². The summed E-state index contributed by atoms with van der Waals surface area (Å²) in [6.45, 7) is 5.55. The minimum atomic E-state index is 0.894. The lowest BCUT2D eigenvalue weighted by Crippen LogP contribution is -2.42. The number of nitrogens with zero attached hydrogens (tertiary/aromatic N) is 1. The molecule has 0 bridgehead atoms. The Morgan fingerprint density at radius 3 is 2.88 bits per heavy atom. The molecule has 2 aromatic rings. The predicted octanol–water partition coefficient (Wildman–Crippen LogP) is 1.89. The van der Waals surface area contributed by atoms with Crippen molar-refractivity contribution >= 4 is 27.1 Å². The Labute approximate surface area is 105 Å². The van der Waals surface area contributed by atoms with Gasteiger partial charge >= 0.3 is 0 Å². The van der Waals surface area contributed by atoms with E-state index in [0.29, 0.717) is 0 Å². The van der Waals surface area contributed by atoms with Crippen molar-refractivity contribution in [1.29, 1.82) is 0 Å². The van der Waals surface area contributed by atoms with Crippen LogP contribution in [0.25, 0.3) is 10.1 Å². The second-order valence-corrected chi connectivity index (χ2v) is 5.67. The van der Waals surface area contributed by atoms with Gasteiger partial charge in [-0.05, 0) is 18.2 Å². The minimum absolute atomic E-state index is 0.894. The smallest absolute Gasteiger partial charge is 0.0402 e. The Morgan fingerprint density at radius 2 is 2.12 bits per heavy atom. The second-order valence-electron chi connectivity index (χ2n) is 4.50. The molecule has 0 amide bonds. The van der Waals surface area contributed by atoms with Gasteiger partial charge in [0.15, 0.2) is 0 Å². The first-order valence-electron chi connectivity index (χ1n) is 6.03. The first-order chi connectivity index (χ1) is 8.33. The van der Waals surface area contributed by atoms with Gasteiger partial charge in [-0.15, -0.1) is 11.3 Å². The van der Waals surface area contributed by atoms with Crippen LogP contribution in [0, 0.1) is 0 Å². The molecule has 0 aliphatic carbocycles. The number of fused-ring (bicyclic) bond motifs is 1. The molecule has 1 fully saturated rings. The zero-order chi connectivity index (χ0) is 11.7. The first kappa shape index (κ1) is 11.0. The van der Waals surface area contributed by atoms with Crippen LogP contribution in [0.4, 0.5) is 5.69 Å². The average Bonchev–Trinajstić information content (AvgIpc) is 2.74. The molecule has 0 radical (unpaired) electrons. The molecule has 0 spiro atoms. The predicted molar refractivity (Wildman–Crippen MR) is 74.4 cm³/mol. The molecule has 17 heavy (non-hydrogen) atoms. The molecule has 1 aliphatic heterocycles. The molecule has 4 heteroatoms. The van der Waals surface area contributed by atoms with Gasteiger partial charge in [0.05, 0.1) is 0 Å². The topological polar surface area (TPSA) is 41.3 Å². The first-order valence-corrected chi connectivity index (χ1v) is 6.84. The molecule has 1 aliphatic rings. The quantitative estimate of drug-likeness (QED) is 0.796. The van der Waals surface area contributed by atoms with E-state index < -0.39 is 0 Å². The van der Waals surface area contributed by atoms with E-state index in [2.05, 4.69) is 22.3 Å². The number of rotatable bonds is 2. The second kappa shape index (κ2) is 4.64. The van der Waals surface area contributed by atoms with Crippen LogP contribution in [0.2, 0.25) is 0 Å². The Kier molecular flexibility index (Phi) is 3.01. The molecule has 3 nitrogen and oxygen atoms in total. The Balaban J connectivity index is 1.83. The minimum Gasteiger partial charge on any atom is -0.398 e. The van der Waals surface area contributed by atoms with E-state index in [0.717, 1.165) is 38.4 Å². The van der Waals surface area contributed by atoms with Gasteiger partial charge in [0.25, 0.3) is 0 Å². The summed E-state index contributed by atoms with van der Waals surface area (Å²) in [4.78, 5) is 3.91. The normalized spacial score (nSPS) is 17.6. The Hall–Kier alpha value is -1.10. The molecule has 3 N–H and O–H groups in total. The molecule has 0 atom stereocenters. The molecule has 1 aromatic carbocycles. The third-order valence-electron chi connectivity index (χ3n) is 3.24. The number of nitrogen functional groups attached to an aromatic ring is 1. The van der Waals surface area contributed by atoms with Crippen LogP contribution in [0.1, 0.15) is 4.88 Å². The third-order valence-corrected chi connectivity index (χ3v) is 4.32. The molecule has 2 heterocycles. The van der Waals surface area contributed by atoms with Crippen LogP contribution >= 0.6 is 11.3 Å². The van der Waals surface area contributed by atoms with Crippen molar-refractivity contribution in [3.8, 4) is 0 Å². The molecule has 0 saturated carbocycles. The lowest BCUT2D eigenvalue weighted by atomic mass is 10.2. The summed E-state index contributed by atoms with van der Waals surface area (Å²) in [5.41, 5.74) is 6.88. The molecular formula is C13H17N3S. The fraction of sp³-hybridized carbons (Fsp3) is 0.385. The van der Waals surface area contributed by atoms with Gasteiger partial charge in [-0.2, -0.15) is 0 Å². The van der Waals surface area contributed by atoms with E-state index in [1.807, 2.05) is 23.5 Å². The largest absolute Gasteiger partial charge is 0.398 e. The molecular weight excluding hydrogens is 230 g/mol. The van der Waals surface area contributed by atoms with Gasteiger partial charge in [0, 0.05) is 53.4 Å². The summed E-state index contributed by atoms with van der Waals surface area (Å²) in [5.74, 6) is 0. The van der Waals surface area contributed by atoms with Crippen LogP contribution in [0.3, 0.4) is 0 Å². The summed E-state index contributed by atoms with van der Waals surface area (Å²) in [5, 5.41) is 4.59. The molecule has 0 unspecified atom stereocenters. The Morgan fingerprint density at radius 1 is 1.29 bits per heavy atom. The maximum atomic E-state index is 5.99. The molecule has 90 valence electrons. The zero-order valence-corrected chi connectivity index (χ0v) is 10.6. The SMILES string of the molecule is Nc1cccc2sc(CN3CCNCC3)cc12. The van der Waals surface area contributed by atoms with Crippen molar-refractivity contribution in [2.45, 2.75) is 6.54 Å². The van der Waals surface area contributed by atoms with Crippen LogP contribution in [-0.4, -0.2) is 31.1 Å². The summed E-state index contributed by atoms with van der Waals surface area (Å²) < 4.78 is 1.30. The molecule has 3 rings (SSSR count). The number of nitrogens with two attached hydrogens (primary N) is 1. The number of hydrogen-bond donors (Lipinski definition) is 2. The van der Waals surface area contributed by atoms with Gasteiger partial charge in [0.2, 0.25) is 0 Å². The summed E-state index contributed by atoms with van der Waals surface area (Å²) in [7, 11) is 0. The summed E-state index contributed by atoms with van der Waals surface area (Å²) in [6.07, 6.45) is 0. The number of nitrogens with one attached hydrogen (secondary N) is 1.